The minimum Gasteiger partial charge on any atom is -0.387 e. The predicted octanol–water partition coefficient (Wildman–Crippen LogP) is 0.771. The number of hydrogen-bond donors (Lipinski definition) is 2. The van der Waals surface area contributed by atoms with Crippen LogP contribution < -0.4 is 5.32 Å². The first-order valence-corrected chi connectivity index (χ1v) is 6.88. The SMILES string of the molecule is CC=C(C)CN1C[C@H](NC(=O)CO)[C@@H](C2CC2)C1. The number of aliphatic hydroxyl groups is 1. The van der Waals surface area contributed by atoms with Crippen LogP contribution in [0.1, 0.15) is 26.7 Å². The van der Waals surface area contributed by atoms with Gasteiger partial charge in [-0.05, 0) is 38.5 Å². The molecule has 4 nitrogen and oxygen atoms in total. The largest absolute Gasteiger partial charge is 0.387 e. The number of nitrogens with zero attached hydrogens (tertiary/aromatic N) is 1. The van der Waals surface area contributed by atoms with E-state index in [2.05, 4.69) is 30.1 Å². The Morgan fingerprint density at radius 2 is 2.17 bits per heavy atom. The van der Waals surface area contributed by atoms with Gasteiger partial charge in [0.25, 0.3) is 0 Å². The van der Waals surface area contributed by atoms with E-state index in [0.717, 1.165) is 25.6 Å². The first-order valence-electron chi connectivity index (χ1n) is 6.88. The standard InChI is InChI=1S/C14H24N2O2/c1-3-10(2)6-16-7-12(11-4-5-11)13(8-16)15-14(18)9-17/h3,11-13,17H,4-9H2,1-2H3,(H,15,18)/t12-,13+/m1/s1. The molecule has 1 saturated carbocycles. The van der Waals surface area contributed by atoms with Crippen molar-refractivity contribution in [2.24, 2.45) is 11.8 Å². The normalized spacial score (nSPS) is 29.6. The Morgan fingerprint density at radius 1 is 1.44 bits per heavy atom. The monoisotopic (exact) mass is 252 g/mol. The molecule has 0 aromatic heterocycles. The van der Waals surface area contributed by atoms with Crippen LogP contribution in [0.5, 0.6) is 0 Å². The summed E-state index contributed by atoms with van der Waals surface area (Å²) in [6.45, 7) is 6.79. The second-order valence-corrected chi connectivity index (χ2v) is 5.66. The zero-order valence-electron chi connectivity index (χ0n) is 11.4. The summed E-state index contributed by atoms with van der Waals surface area (Å²) in [7, 11) is 0. The second kappa shape index (κ2) is 5.85. The van der Waals surface area contributed by atoms with Crippen molar-refractivity contribution in [2.45, 2.75) is 32.7 Å². The fraction of sp³-hybridized carbons (Fsp3) is 0.786. The van der Waals surface area contributed by atoms with E-state index in [1.165, 1.54) is 18.4 Å². The molecule has 2 atom stereocenters. The Kier molecular flexibility index (Phi) is 4.40. The molecule has 0 bridgehead atoms. The lowest BCUT2D eigenvalue weighted by atomic mass is 9.98. The maximum atomic E-state index is 11.4. The highest BCUT2D eigenvalue weighted by atomic mass is 16.3. The van der Waals surface area contributed by atoms with E-state index >= 15 is 0 Å². The van der Waals surface area contributed by atoms with Gasteiger partial charge in [-0.1, -0.05) is 11.6 Å². The van der Waals surface area contributed by atoms with Gasteiger partial charge in [-0.3, -0.25) is 9.69 Å². The fourth-order valence-corrected chi connectivity index (χ4v) is 2.89. The minimum atomic E-state index is -0.401. The summed E-state index contributed by atoms with van der Waals surface area (Å²) in [5, 5.41) is 11.8. The van der Waals surface area contributed by atoms with Gasteiger partial charge in [0.1, 0.15) is 6.61 Å². The molecule has 2 fully saturated rings. The van der Waals surface area contributed by atoms with E-state index in [4.69, 9.17) is 5.11 Å². The van der Waals surface area contributed by atoms with Crippen LogP contribution in [0.4, 0.5) is 0 Å². The molecule has 0 spiro atoms. The smallest absolute Gasteiger partial charge is 0.245 e. The van der Waals surface area contributed by atoms with Crippen molar-refractivity contribution in [3.8, 4) is 0 Å². The van der Waals surface area contributed by atoms with E-state index in [0.29, 0.717) is 5.92 Å². The Hall–Kier alpha value is -0.870. The lowest BCUT2D eigenvalue weighted by Gasteiger charge is -2.18. The van der Waals surface area contributed by atoms with Crippen molar-refractivity contribution in [3.05, 3.63) is 11.6 Å². The molecule has 4 heteroatoms. The highest BCUT2D eigenvalue weighted by molar-refractivity contribution is 5.77. The van der Waals surface area contributed by atoms with Crippen LogP contribution in [-0.4, -0.2) is 48.2 Å². The molecular weight excluding hydrogens is 228 g/mol. The van der Waals surface area contributed by atoms with E-state index in [1.54, 1.807) is 0 Å². The summed E-state index contributed by atoms with van der Waals surface area (Å²) < 4.78 is 0. The van der Waals surface area contributed by atoms with Gasteiger partial charge in [-0.15, -0.1) is 0 Å². The van der Waals surface area contributed by atoms with Crippen molar-refractivity contribution < 1.29 is 9.90 Å². The highest BCUT2D eigenvalue weighted by Gasteiger charge is 2.42. The van der Waals surface area contributed by atoms with E-state index in [-0.39, 0.29) is 11.9 Å². The number of nitrogens with one attached hydrogen (secondary N) is 1. The van der Waals surface area contributed by atoms with Crippen molar-refractivity contribution >= 4 is 5.91 Å². The molecule has 2 aliphatic rings. The molecule has 1 heterocycles. The summed E-state index contributed by atoms with van der Waals surface area (Å²) in [5.74, 6) is 1.12. The zero-order chi connectivity index (χ0) is 13.1. The molecule has 1 aliphatic heterocycles. The van der Waals surface area contributed by atoms with Gasteiger partial charge in [0, 0.05) is 25.7 Å². The minimum absolute atomic E-state index is 0.224. The van der Waals surface area contributed by atoms with Crippen LogP contribution in [0.15, 0.2) is 11.6 Å². The maximum absolute atomic E-state index is 11.4. The number of amides is 1. The van der Waals surface area contributed by atoms with E-state index < -0.39 is 6.61 Å². The number of carbonyl (C=O) groups is 1. The molecule has 1 saturated heterocycles. The lowest BCUT2D eigenvalue weighted by Crippen LogP contribution is -2.42. The quantitative estimate of drug-likeness (QED) is 0.711. The number of aliphatic hydroxyl groups excluding tert-OH is 1. The number of allylic oxidation sites excluding steroid dienone is 1. The third kappa shape index (κ3) is 3.33. The molecule has 2 N–H and O–H groups in total. The summed E-state index contributed by atoms with van der Waals surface area (Å²) in [6.07, 6.45) is 4.74. The maximum Gasteiger partial charge on any atom is 0.245 e. The van der Waals surface area contributed by atoms with Crippen LogP contribution >= 0.6 is 0 Å². The molecule has 0 aromatic rings. The molecule has 0 unspecified atom stereocenters. The fourth-order valence-electron chi connectivity index (χ4n) is 2.89. The summed E-state index contributed by atoms with van der Waals surface area (Å²) >= 11 is 0. The molecule has 1 amide bonds. The Bertz CT molecular complexity index is 337. The zero-order valence-corrected chi connectivity index (χ0v) is 11.4. The van der Waals surface area contributed by atoms with Crippen LogP contribution in [-0.2, 0) is 4.79 Å². The van der Waals surface area contributed by atoms with Crippen LogP contribution in [0.2, 0.25) is 0 Å². The van der Waals surface area contributed by atoms with Crippen LogP contribution in [0.3, 0.4) is 0 Å². The van der Waals surface area contributed by atoms with Gasteiger partial charge in [-0.2, -0.15) is 0 Å². The predicted molar refractivity (Wildman–Crippen MR) is 71.1 cm³/mol. The third-order valence-electron chi connectivity index (χ3n) is 4.12. The molecule has 2 rings (SSSR count). The van der Waals surface area contributed by atoms with Crippen LogP contribution in [0.25, 0.3) is 0 Å². The average molecular weight is 252 g/mol. The molecule has 18 heavy (non-hydrogen) atoms. The van der Waals surface area contributed by atoms with Crippen LogP contribution in [0, 0.1) is 11.8 Å². The van der Waals surface area contributed by atoms with Crippen molar-refractivity contribution in [1.82, 2.24) is 10.2 Å². The first-order chi connectivity index (χ1) is 8.63. The van der Waals surface area contributed by atoms with Gasteiger partial charge < -0.3 is 10.4 Å². The number of likely N-dealkylation sites (tertiary alicyclic amines) is 1. The summed E-state index contributed by atoms with van der Waals surface area (Å²) in [6, 6.07) is 0.224. The van der Waals surface area contributed by atoms with Gasteiger partial charge in [-0.25, -0.2) is 0 Å². The van der Waals surface area contributed by atoms with Crippen molar-refractivity contribution in [3.63, 3.8) is 0 Å². The Balaban J connectivity index is 1.93. The van der Waals surface area contributed by atoms with Gasteiger partial charge in [0.05, 0.1) is 0 Å². The topological polar surface area (TPSA) is 52.6 Å². The van der Waals surface area contributed by atoms with E-state index in [1.807, 2.05) is 0 Å². The molecule has 102 valence electrons. The van der Waals surface area contributed by atoms with Gasteiger partial charge >= 0.3 is 0 Å². The molecule has 1 aliphatic carbocycles. The average Bonchev–Trinajstić information content (AvgIpc) is 3.13. The van der Waals surface area contributed by atoms with Crippen molar-refractivity contribution in [1.29, 1.82) is 0 Å². The Labute approximate surface area is 109 Å². The second-order valence-electron chi connectivity index (χ2n) is 5.66. The molecule has 0 aromatic carbocycles. The summed E-state index contributed by atoms with van der Waals surface area (Å²) in [5.41, 5.74) is 1.37. The number of rotatable bonds is 5. The number of hydrogen-bond acceptors (Lipinski definition) is 3. The van der Waals surface area contributed by atoms with Gasteiger partial charge in [0.15, 0.2) is 0 Å². The Morgan fingerprint density at radius 3 is 2.72 bits per heavy atom. The van der Waals surface area contributed by atoms with E-state index in [9.17, 15) is 4.79 Å². The third-order valence-corrected chi connectivity index (χ3v) is 4.12. The van der Waals surface area contributed by atoms with Gasteiger partial charge in [0.2, 0.25) is 5.91 Å². The lowest BCUT2D eigenvalue weighted by molar-refractivity contribution is -0.124. The molecular formula is C14H24N2O2. The number of carbonyl (C=O) groups excluding carboxylic acids is 1. The first kappa shape index (κ1) is 13.6. The van der Waals surface area contributed by atoms with Crippen molar-refractivity contribution in [2.75, 3.05) is 26.2 Å². The summed E-state index contributed by atoms with van der Waals surface area (Å²) in [4.78, 5) is 13.8. The molecule has 0 radical (unpaired) electrons. The highest BCUT2D eigenvalue weighted by Crippen LogP contribution is 2.41.